The zero-order valence-corrected chi connectivity index (χ0v) is 18.1. The van der Waals surface area contributed by atoms with Gasteiger partial charge in [0.1, 0.15) is 18.5 Å². The van der Waals surface area contributed by atoms with Crippen molar-refractivity contribution in [2.24, 2.45) is 7.05 Å². The Bertz CT molecular complexity index is 1180. The summed E-state index contributed by atoms with van der Waals surface area (Å²) in [5, 5.41) is 11.2. The Hall–Kier alpha value is -2.78. The summed E-state index contributed by atoms with van der Waals surface area (Å²) < 4.78 is 8.68. The van der Waals surface area contributed by atoms with Gasteiger partial charge in [-0.15, -0.1) is 0 Å². The minimum atomic E-state index is -0.920. The van der Waals surface area contributed by atoms with Crippen molar-refractivity contribution in [2.45, 2.75) is 38.3 Å². The zero-order valence-electron chi connectivity index (χ0n) is 17.4. The number of H-pyrrole nitrogens is 1. The van der Waals surface area contributed by atoms with Gasteiger partial charge in [0, 0.05) is 20.1 Å². The first-order valence-electron chi connectivity index (χ1n) is 10.5. The maximum atomic E-state index is 12.7. The van der Waals surface area contributed by atoms with Crippen molar-refractivity contribution >= 4 is 28.7 Å². The maximum absolute atomic E-state index is 12.7. The molecule has 10 heteroatoms. The number of aromatic nitrogens is 4. The van der Waals surface area contributed by atoms with Crippen LogP contribution in [0.5, 0.6) is 5.75 Å². The predicted octanol–water partition coefficient (Wildman–Crippen LogP) is 1.90. The monoisotopic (exact) mass is 447 g/mol. The lowest BCUT2D eigenvalue weighted by Gasteiger charge is -2.23. The number of anilines is 1. The molecule has 4 rings (SSSR count). The van der Waals surface area contributed by atoms with E-state index in [1.165, 1.54) is 4.57 Å². The number of hydrogen-bond acceptors (Lipinski definition) is 6. The topological polar surface area (TPSA) is 105 Å². The number of nitrogens with one attached hydrogen (secondary N) is 1. The van der Waals surface area contributed by atoms with Crippen molar-refractivity contribution in [2.75, 3.05) is 24.6 Å². The van der Waals surface area contributed by atoms with E-state index in [0.29, 0.717) is 22.4 Å². The van der Waals surface area contributed by atoms with Crippen molar-refractivity contribution in [1.82, 2.24) is 19.1 Å². The van der Waals surface area contributed by atoms with Gasteiger partial charge in [0.25, 0.3) is 5.56 Å². The lowest BCUT2D eigenvalue weighted by Crippen LogP contribution is -2.32. The molecular formula is C21H26ClN5O4. The third-order valence-electron chi connectivity index (χ3n) is 5.54. The van der Waals surface area contributed by atoms with Crippen molar-refractivity contribution < 1.29 is 9.84 Å². The second kappa shape index (κ2) is 9.15. The average molecular weight is 448 g/mol. The standard InChI is InChI=1S/C21H26ClN5O4/c1-25-18-17(19(29)24-21(25)30)27(20(23-18)26-10-6-2-3-7-11-26)12-14(28)13-31-16-9-5-4-8-15(16)22/h4-5,8-9,14,28H,2-3,6-7,10-13H2,1H3,(H,24,29,30)/t14-/m1/s1. The number of aryl methyl sites for hydroxylation is 1. The molecule has 1 saturated heterocycles. The Balaban J connectivity index is 1.68. The van der Waals surface area contributed by atoms with Crippen LogP contribution in [0, 0.1) is 0 Å². The second-order valence-corrected chi connectivity index (χ2v) is 8.22. The van der Waals surface area contributed by atoms with Gasteiger partial charge < -0.3 is 19.3 Å². The van der Waals surface area contributed by atoms with Crippen LogP contribution in [-0.2, 0) is 13.6 Å². The molecule has 1 aliphatic rings. The summed E-state index contributed by atoms with van der Waals surface area (Å²) in [5.74, 6) is 1.06. The molecule has 0 radical (unpaired) electrons. The van der Waals surface area contributed by atoms with Gasteiger partial charge in [-0.3, -0.25) is 14.3 Å². The van der Waals surface area contributed by atoms with Crippen LogP contribution < -0.4 is 20.9 Å². The zero-order chi connectivity index (χ0) is 22.0. The van der Waals surface area contributed by atoms with E-state index in [9.17, 15) is 14.7 Å². The summed E-state index contributed by atoms with van der Waals surface area (Å²) in [4.78, 5) is 33.8. The van der Waals surface area contributed by atoms with Gasteiger partial charge in [-0.25, -0.2) is 4.79 Å². The molecule has 166 valence electrons. The van der Waals surface area contributed by atoms with Gasteiger partial charge in [0.05, 0.1) is 11.6 Å². The first-order valence-corrected chi connectivity index (χ1v) is 10.8. The van der Waals surface area contributed by atoms with E-state index in [1.807, 2.05) is 0 Å². The number of nitrogens with zero attached hydrogens (tertiary/aromatic N) is 4. The van der Waals surface area contributed by atoms with Gasteiger partial charge in [0.15, 0.2) is 11.2 Å². The molecule has 0 unspecified atom stereocenters. The molecule has 3 aromatic rings. The number of halogens is 1. The fourth-order valence-electron chi connectivity index (χ4n) is 3.92. The molecule has 0 amide bonds. The first kappa shape index (κ1) is 21.5. The smallest absolute Gasteiger partial charge is 0.329 e. The van der Waals surface area contributed by atoms with E-state index in [-0.39, 0.29) is 18.7 Å². The number of para-hydroxylation sites is 1. The van der Waals surface area contributed by atoms with Gasteiger partial charge >= 0.3 is 5.69 Å². The Morgan fingerprint density at radius 2 is 1.90 bits per heavy atom. The lowest BCUT2D eigenvalue weighted by atomic mass is 10.2. The maximum Gasteiger partial charge on any atom is 0.329 e. The quantitative estimate of drug-likeness (QED) is 0.598. The summed E-state index contributed by atoms with van der Waals surface area (Å²) >= 11 is 6.12. The lowest BCUT2D eigenvalue weighted by molar-refractivity contribution is 0.0937. The van der Waals surface area contributed by atoms with Crippen molar-refractivity contribution in [1.29, 1.82) is 0 Å². The Morgan fingerprint density at radius 1 is 1.19 bits per heavy atom. The van der Waals surface area contributed by atoms with Gasteiger partial charge in [-0.2, -0.15) is 4.98 Å². The largest absolute Gasteiger partial charge is 0.489 e. The van der Waals surface area contributed by atoms with Crippen LogP contribution in [0.15, 0.2) is 33.9 Å². The number of rotatable bonds is 6. The highest BCUT2D eigenvalue weighted by Gasteiger charge is 2.24. The normalized spacial score (nSPS) is 15.8. The van der Waals surface area contributed by atoms with E-state index in [2.05, 4.69) is 14.9 Å². The minimum Gasteiger partial charge on any atom is -0.489 e. The van der Waals surface area contributed by atoms with Crippen molar-refractivity contribution in [3.63, 3.8) is 0 Å². The molecule has 0 saturated carbocycles. The van der Waals surface area contributed by atoms with Crippen molar-refractivity contribution in [3.05, 3.63) is 50.1 Å². The summed E-state index contributed by atoms with van der Waals surface area (Å²) in [7, 11) is 1.57. The Labute approximate surface area is 183 Å². The summed E-state index contributed by atoms with van der Waals surface area (Å²) in [6.45, 7) is 1.70. The highest BCUT2D eigenvalue weighted by Crippen LogP contribution is 2.25. The molecule has 31 heavy (non-hydrogen) atoms. The van der Waals surface area contributed by atoms with E-state index < -0.39 is 17.4 Å². The third kappa shape index (κ3) is 4.47. The third-order valence-corrected chi connectivity index (χ3v) is 5.85. The number of aromatic amines is 1. The first-order chi connectivity index (χ1) is 15.0. The predicted molar refractivity (Wildman–Crippen MR) is 119 cm³/mol. The van der Waals surface area contributed by atoms with E-state index >= 15 is 0 Å². The number of aliphatic hydroxyl groups excluding tert-OH is 1. The molecule has 0 spiro atoms. The van der Waals surface area contributed by atoms with Crippen LogP contribution in [0.2, 0.25) is 5.02 Å². The molecular weight excluding hydrogens is 422 g/mol. The summed E-state index contributed by atoms with van der Waals surface area (Å²) in [6, 6.07) is 7.04. The highest BCUT2D eigenvalue weighted by atomic mass is 35.5. The van der Waals surface area contributed by atoms with Crippen LogP contribution in [0.1, 0.15) is 25.7 Å². The van der Waals surface area contributed by atoms with E-state index in [0.717, 1.165) is 38.8 Å². The van der Waals surface area contributed by atoms with E-state index in [1.54, 1.807) is 35.9 Å². The van der Waals surface area contributed by atoms with Gasteiger partial charge in [-0.1, -0.05) is 36.6 Å². The Kier molecular flexibility index (Phi) is 6.33. The molecule has 1 aliphatic heterocycles. The molecule has 1 aromatic carbocycles. The van der Waals surface area contributed by atoms with Crippen LogP contribution in [0.3, 0.4) is 0 Å². The SMILES string of the molecule is Cn1c(=O)[nH]c(=O)c2c1nc(N1CCCCCC1)n2C[C@@H](O)COc1ccccc1Cl. The molecule has 1 atom stereocenters. The second-order valence-electron chi connectivity index (χ2n) is 7.81. The average Bonchev–Trinajstić information content (AvgIpc) is 2.92. The number of ether oxygens (including phenoxy) is 1. The fourth-order valence-corrected chi connectivity index (χ4v) is 4.11. The van der Waals surface area contributed by atoms with E-state index in [4.69, 9.17) is 16.3 Å². The van der Waals surface area contributed by atoms with Crippen molar-refractivity contribution in [3.8, 4) is 5.75 Å². The number of aliphatic hydroxyl groups is 1. The van der Waals surface area contributed by atoms with Gasteiger partial charge in [0.2, 0.25) is 5.95 Å². The number of imidazole rings is 1. The van der Waals surface area contributed by atoms with Crippen LogP contribution in [0.4, 0.5) is 5.95 Å². The molecule has 2 N–H and O–H groups in total. The fraction of sp³-hybridized carbons (Fsp3) is 0.476. The number of fused-ring (bicyclic) bond motifs is 1. The summed E-state index contributed by atoms with van der Waals surface area (Å²) in [6.07, 6.45) is 3.41. The molecule has 2 aromatic heterocycles. The number of benzene rings is 1. The number of hydrogen-bond donors (Lipinski definition) is 2. The van der Waals surface area contributed by atoms with Crippen LogP contribution in [0.25, 0.3) is 11.2 Å². The molecule has 0 bridgehead atoms. The molecule has 3 heterocycles. The highest BCUT2D eigenvalue weighted by molar-refractivity contribution is 6.32. The minimum absolute atomic E-state index is 0.00743. The van der Waals surface area contributed by atoms with Gasteiger partial charge in [-0.05, 0) is 25.0 Å². The Morgan fingerprint density at radius 3 is 2.61 bits per heavy atom. The molecule has 1 fully saturated rings. The van der Waals surface area contributed by atoms with Crippen LogP contribution in [-0.4, -0.2) is 50.0 Å². The molecule has 9 nitrogen and oxygen atoms in total. The summed E-state index contributed by atoms with van der Waals surface area (Å²) in [5.41, 5.74) is -0.483. The molecule has 0 aliphatic carbocycles. The van der Waals surface area contributed by atoms with Crippen LogP contribution >= 0.6 is 11.6 Å².